The van der Waals surface area contributed by atoms with Crippen molar-refractivity contribution in [2.75, 3.05) is 26.8 Å². The predicted molar refractivity (Wildman–Crippen MR) is 126 cm³/mol. The highest BCUT2D eigenvalue weighted by atomic mass is 32.2. The Morgan fingerprint density at radius 2 is 1.88 bits per heavy atom. The molecule has 0 unspecified atom stereocenters. The van der Waals surface area contributed by atoms with Gasteiger partial charge in [-0.3, -0.25) is 4.79 Å². The Bertz CT molecular complexity index is 1390. The van der Waals surface area contributed by atoms with E-state index in [0.717, 1.165) is 10.9 Å². The summed E-state index contributed by atoms with van der Waals surface area (Å²) in [7, 11) is -2.39. The lowest BCUT2D eigenvalue weighted by Gasteiger charge is -2.31. The lowest BCUT2D eigenvalue weighted by molar-refractivity contribution is 0.0997. The van der Waals surface area contributed by atoms with Crippen molar-refractivity contribution in [3.8, 4) is 11.5 Å². The van der Waals surface area contributed by atoms with E-state index in [-0.39, 0.29) is 22.1 Å². The monoisotopic (exact) mass is 486 g/mol. The Labute approximate surface area is 197 Å². The molecule has 2 heterocycles. The maximum absolute atomic E-state index is 13.1. The number of carbonyl (C=O) groups is 1. The summed E-state index contributed by atoms with van der Waals surface area (Å²) in [4.78, 5) is 23.3. The van der Waals surface area contributed by atoms with Crippen LogP contribution in [0.2, 0.25) is 0 Å². The van der Waals surface area contributed by atoms with Crippen LogP contribution < -0.4 is 20.8 Å². The van der Waals surface area contributed by atoms with Crippen molar-refractivity contribution in [3.05, 3.63) is 64.0 Å². The van der Waals surface area contributed by atoms with Crippen LogP contribution in [0.3, 0.4) is 0 Å². The van der Waals surface area contributed by atoms with Gasteiger partial charge < -0.3 is 19.6 Å². The maximum atomic E-state index is 13.1. The van der Waals surface area contributed by atoms with Crippen molar-refractivity contribution in [3.63, 3.8) is 0 Å². The highest BCUT2D eigenvalue weighted by Crippen LogP contribution is 2.28. The first-order valence-corrected chi connectivity index (χ1v) is 12.3. The van der Waals surface area contributed by atoms with Crippen LogP contribution in [-0.2, 0) is 10.0 Å². The Kier molecular flexibility index (Phi) is 6.63. The molecule has 34 heavy (non-hydrogen) atoms. The Balaban J connectivity index is 1.39. The van der Waals surface area contributed by atoms with Crippen LogP contribution in [0.25, 0.3) is 11.0 Å². The number of ether oxygens (including phenoxy) is 2. The van der Waals surface area contributed by atoms with E-state index in [9.17, 15) is 18.0 Å². The van der Waals surface area contributed by atoms with Gasteiger partial charge in [-0.1, -0.05) is 0 Å². The molecular weight excluding hydrogens is 460 g/mol. The summed E-state index contributed by atoms with van der Waals surface area (Å²) in [5, 5.41) is 0.850. The second-order valence-corrected chi connectivity index (χ2v) is 10.2. The number of nitrogens with zero attached hydrogens (tertiary/aromatic N) is 1. The summed E-state index contributed by atoms with van der Waals surface area (Å²) in [5.74, 6) is 0.232. The van der Waals surface area contributed by atoms with Gasteiger partial charge in [0.1, 0.15) is 17.1 Å². The molecule has 2 N–H and O–H groups in total. The molecule has 0 spiro atoms. The van der Waals surface area contributed by atoms with Crippen LogP contribution in [0, 0.1) is 12.8 Å². The molecule has 1 amide bonds. The minimum atomic E-state index is -3.78. The number of nitrogens with two attached hydrogens (primary N) is 1. The van der Waals surface area contributed by atoms with Crippen molar-refractivity contribution < 1.29 is 27.1 Å². The van der Waals surface area contributed by atoms with E-state index < -0.39 is 21.6 Å². The third-order valence-corrected chi connectivity index (χ3v) is 7.95. The smallest absolute Gasteiger partial charge is 0.336 e. The first-order chi connectivity index (χ1) is 16.2. The maximum Gasteiger partial charge on any atom is 0.336 e. The number of piperidine rings is 1. The number of sulfonamides is 1. The van der Waals surface area contributed by atoms with Gasteiger partial charge in [0.05, 0.1) is 24.2 Å². The summed E-state index contributed by atoms with van der Waals surface area (Å²) < 4.78 is 43.9. The predicted octanol–water partition coefficient (Wildman–Crippen LogP) is 2.69. The molecule has 0 aliphatic carbocycles. The molecule has 3 aromatic rings. The van der Waals surface area contributed by atoms with Gasteiger partial charge in [0.25, 0.3) is 5.91 Å². The average molecular weight is 487 g/mol. The molecule has 0 radical (unpaired) electrons. The van der Waals surface area contributed by atoms with Crippen LogP contribution in [0.4, 0.5) is 0 Å². The van der Waals surface area contributed by atoms with E-state index in [4.69, 9.17) is 19.6 Å². The third kappa shape index (κ3) is 4.78. The second-order valence-electron chi connectivity index (χ2n) is 8.29. The standard InChI is InChI=1S/C24H26N2O7S/c1-15-11-23(27)33-22-12-17(3-5-19(15)22)32-14-16-7-9-26(10-8-16)34(29,30)18-4-6-21(31-2)20(13-18)24(25)28/h3-6,11-13,16H,7-10,14H2,1-2H3,(H2,25,28). The van der Waals surface area contributed by atoms with Gasteiger partial charge in [-0.15, -0.1) is 0 Å². The number of carbonyl (C=O) groups excluding carboxylic acids is 1. The van der Waals surface area contributed by atoms with Gasteiger partial charge >= 0.3 is 5.63 Å². The number of methoxy groups -OCH3 is 1. The molecule has 0 saturated carbocycles. The molecule has 4 rings (SSSR count). The molecule has 1 aromatic heterocycles. The number of hydrogen-bond acceptors (Lipinski definition) is 7. The van der Waals surface area contributed by atoms with E-state index in [2.05, 4.69) is 0 Å². The van der Waals surface area contributed by atoms with E-state index >= 15 is 0 Å². The zero-order valence-electron chi connectivity index (χ0n) is 18.9. The van der Waals surface area contributed by atoms with Crippen LogP contribution in [0.5, 0.6) is 11.5 Å². The van der Waals surface area contributed by atoms with Crippen LogP contribution in [0.15, 0.2) is 56.6 Å². The SMILES string of the molecule is COc1ccc(S(=O)(=O)N2CCC(COc3ccc4c(C)cc(=O)oc4c3)CC2)cc1C(N)=O. The van der Waals surface area contributed by atoms with Crippen LogP contribution in [-0.4, -0.2) is 45.4 Å². The topological polar surface area (TPSA) is 129 Å². The first-order valence-electron chi connectivity index (χ1n) is 10.8. The number of fused-ring (bicyclic) bond motifs is 1. The van der Waals surface area contributed by atoms with Crippen LogP contribution >= 0.6 is 0 Å². The number of rotatable bonds is 7. The normalized spacial score (nSPS) is 15.4. The van der Waals surface area contributed by atoms with Gasteiger partial charge in [-0.25, -0.2) is 13.2 Å². The lowest BCUT2D eigenvalue weighted by Crippen LogP contribution is -2.39. The fourth-order valence-electron chi connectivity index (χ4n) is 4.11. The van der Waals surface area contributed by atoms with E-state index in [0.29, 0.717) is 43.9 Å². The zero-order valence-corrected chi connectivity index (χ0v) is 19.8. The van der Waals surface area contributed by atoms with Gasteiger partial charge in [-0.2, -0.15) is 4.31 Å². The molecule has 180 valence electrons. The molecule has 1 saturated heterocycles. The Morgan fingerprint density at radius 3 is 2.56 bits per heavy atom. The van der Waals surface area contributed by atoms with Gasteiger partial charge in [0.15, 0.2) is 0 Å². The minimum absolute atomic E-state index is 0.00440. The largest absolute Gasteiger partial charge is 0.496 e. The zero-order chi connectivity index (χ0) is 24.5. The second kappa shape index (κ2) is 9.47. The Hall–Kier alpha value is -3.37. The summed E-state index contributed by atoms with van der Waals surface area (Å²) >= 11 is 0. The van der Waals surface area contributed by atoms with Crippen LogP contribution in [0.1, 0.15) is 28.8 Å². The fraction of sp³-hybridized carbons (Fsp3) is 0.333. The van der Waals surface area contributed by atoms with Crippen molar-refractivity contribution in [1.29, 1.82) is 0 Å². The molecule has 0 bridgehead atoms. The molecule has 2 aromatic carbocycles. The van der Waals surface area contributed by atoms with Gasteiger partial charge in [0, 0.05) is 30.6 Å². The van der Waals surface area contributed by atoms with Crippen molar-refractivity contribution in [2.45, 2.75) is 24.7 Å². The van der Waals surface area contributed by atoms with E-state index in [1.54, 1.807) is 6.07 Å². The highest BCUT2D eigenvalue weighted by molar-refractivity contribution is 7.89. The molecule has 1 aliphatic rings. The Morgan fingerprint density at radius 1 is 1.15 bits per heavy atom. The first kappa shape index (κ1) is 23.8. The summed E-state index contributed by atoms with van der Waals surface area (Å²) in [6.45, 7) is 2.94. The number of benzene rings is 2. The highest BCUT2D eigenvalue weighted by Gasteiger charge is 2.30. The van der Waals surface area contributed by atoms with Crippen molar-refractivity contribution >= 4 is 26.9 Å². The average Bonchev–Trinajstić information content (AvgIpc) is 2.82. The number of primary amides is 1. The number of amides is 1. The molecule has 10 heteroatoms. The summed E-state index contributed by atoms with van der Waals surface area (Å²) in [5.41, 5.74) is 6.29. The summed E-state index contributed by atoms with van der Waals surface area (Å²) in [6.07, 6.45) is 1.25. The van der Waals surface area contributed by atoms with Gasteiger partial charge in [-0.05, 0) is 61.6 Å². The quantitative estimate of drug-likeness (QED) is 0.508. The third-order valence-electron chi connectivity index (χ3n) is 6.06. The molecular formula is C24H26N2O7S. The molecule has 1 aliphatic heterocycles. The molecule has 0 atom stereocenters. The minimum Gasteiger partial charge on any atom is -0.496 e. The fourth-order valence-corrected chi connectivity index (χ4v) is 5.61. The molecule has 1 fully saturated rings. The van der Waals surface area contributed by atoms with E-state index in [1.165, 1.54) is 35.7 Å². The number of hydrogen-bond donors (Lipinski definition) is 1. The van der Waals surface area contributed by atoms with E-state index in [1.807, 2.05) is 19.1 Å². The molecule has 9 nitrogen and oxygen atoms in total. The lowest BCUT2D eigenvalue weighted by atomic mass is 9.99. The van der Waals surface area contributed by atoms with Crippen molar-refractivity contribution in [2.24, 2.45) is 11.7 Å². The van der Waals surface area contributed by atoms with Gasteiger partial charge in [0.2, 0.25) is 10.0 Å². The summed E-state index contributed by atoms with van der Waals surface area (Å²) in [6, 6.07) is 10.9. The number of aryl methyl sites for hydroxylation is 1. The van der Waals surface area contributed by atoms with Crippen molar-refractivity contribution in [1.82, 2.24) is 4.31 Å².